The molecular formula is C38H74BrNO6. The molecule has 8 heteroatoms. The van der Waals surface area contributed by atoms with Gasteiger partial charge in [0.25, 0.3) is 0 Å². The van der Waals surface area contributed by atoms with E-state index < -0.39 is 0 Å². The van der Waals surface area contributed by atoms with E-state index >= 15 is 0 Å². The lowest BCUT2D eigenvalue weighted by molar-refractivity contribution is -0.480. The number of hydrogen-bond donors (Lipinski definition) is 0. The number of carbonyl (C=O) groups is 2. The third-order valence-corrected chi connectivity index (χ3v) is 9.25. The number of alkyl halides is 1. The summed E-state index contributed by atoms with van der Waals surface area (Å²) in [6.07, 6.45) is 39.3. The van der Waals surface area contributed by atoms with Crippen molar-refractivity contribution in [2.75, 3.05) is 26.1 Å². The molecule has 46 heavy (non-hydrogen) atoms. The number of esters is 2. The molecule has 274 valence electrons. The second-order valence-corrected chi connectivity index (χ2v) is 13.8. The molecule has 0 aliphatic heterocycles. The van der Waals surface area contributed by atoms with Gasteiger partial charge in [0.2, 0.25) is 6.54 Å². The molecule has 0 aromatic rings. The van der Waals surface area contributed by atoms with Crippen LogP contribution in [0.5, 0.6) is 0 Å². The summed E-state index contributed by atoms with van der Waals surface area (Å²) in [6, 6.07) is 0. The van der Waals surface area contributed by atoms with E-state index in [2.05, 4.69) is 25.4 Å². The van der Waals surface area contributed by atoms with E-state index in [4.69, 9.17) is 0 Å². The number of nitro groups is 1. The summed E-state index contributed by atoms with van der Waals surface area (Å²) in [7, 11) is 2.91. The molecule has 0 aliphatic rings. The van der Waals surface area contributed by atoms with Crippen molar-refractivity contribution in [2.45, 2.75) is 205 Å². The van der Waals surface area contributed by atoms with Gasteiger partial charge in [-0.05, 0) is 25.7 Å². The summed E-state index contributed by atoms with van der Waals surface area (Å²) < 4.78 is 9.25. The van der Waals surface area contributed by atoms with Crippen LogP contribution in [0, 0.1) is 10.1 Å². The van der Waals surface area contributed by atoms with Gasteiger partial charge in [-0.25, -0.2) is 0 Å². The predicted octanol–water partition coefficient (Wildman–Crippen LogP) is 12.5. The Kier molecular flexibility index (Phi) is 42.7. The number of methoxy groups -OCH3 is 2. The monoisotopic (exact) mass is 719 g/mol. The molecule has 0 bridgehead atoms. The lowest BCUT2D eigenvalue weighted by Crippen LogP contribution is -1.99. The van der Waals surface area contributed by atoms with Gasteiger partial charge in [0.15, 0.2) is 0 Å². The summed E-state index contributed by atoms with van der Waals surface area (Å²) in [5.74, 6) is -0.158. The van der Waals surface area contributed by atoms with Crippen molar-refractivity contribution in [3.05, 3.63) is 10.1 Å². The molecule has 0 atom stereocenters. The van der Waals surface area contributed by atoms with Gasteiger partial charge in [-0.1, -0.05) is 176 Å². The second-order valence-electron chi connectivity index (χ2n) is 13.0. The molecule has 0 fully saturated rings. The molecule has 0 heterocycles. The highest BCUT2D eigenvalue weighted by Crippen LogP contribution is 2.15. The van der Waals surface area contributed by atoms with Crippen LogP contribution in [0.1, 0.15) is 205 Å². The molecule has 0 amide bonds. The SMILES string of the molecule is COC(=O)CCCCCCCCCCCCCCCCCBr.COC(=O)CCCCCCCCCCCCCCCCC[N+](=O)[O-]. The topological polar surface area (TPSA) is 95.7 Å². The maximum Gasteiger partial charge on any atom is 0.305 e. The first-order chi connectivity index (χ1) is 22.5. The van der Waals surface area contributed by atoms with E-state index in [1.165, 1.54) is 168 Å². The zero-order valence-electron chi connectivity index (χ0n) is 30.3. The van der Waals surface area contributed by atoms with Crippen molar-refractivity contribution in [3.63, 3.8) is 0 Å². The third kappa shape index (κ3) is 44.9. The molecule has 0 aliphatic carbocycles. The normalized spacial score (nSPS) is 10.8. The van der Waals surface area contributed by atoms with Crippen LogP contribution in [-0.4, -0.2) is 43.0 Å². The molecule has 7 nitrogen and oxygen atoms in total. The molecule has 0 radical (unpaired) electrons. The molecule has 0 saturated carbocycles. The number of unbranched alkanes of at least 4 members (excludes halogenated alkanes) is 28. The van der Waals surface area contributed by atoms with Crippen molar-refractivity contribution in [1.82, 2.24) is 0 Å². The minimum absolute atomic E-state index is 0.0666. The van der Waals surface area contributed by atoms with Crippen LogP contribution in [0.4, 0.5) is 0 Å². The quantitative estimate of drug-likeness (QED) is 0.0213. The standard InChI is InChI=1S/C19H37BrO2.C19H37NO4/c1-22-19(21)17-15-13-11-9-7-5-3-2-4-6-8-10-12-14-16-18-20;1-24-19(21)17-15-13-11-9-7-5-3-2-4-6-8-10-12-14-16-18-20(22)23/h2-18H2,1H3;2-18H2,1H3. The molecular weight excluding hydrogens is 646 g/mol. The Morgan fingerprint density at radius 3 is 0.870 bits per heavy atom. The van der Waals surface area contributed by atoms with Crippen molar-refractivity contribution < 1.29 is 24.0 Å². The van der Waals surface area contributed by atoms with Gasteiger partial charge in [0.05, 0.1) is 14.2 Å². The molecule has 0 N–H and O–H groups in total. The smallest absolute Gasteiger partial charge is 0.305 e. The van der Waals surface area contributed by atoms with Crippen molar-refractivity contribution in [1.29, 1.82) is 0 Å². The number of rotatable bonds is 35. The number of ether oxygens (including phenoxy) is 2. The van der Waals surface area contributed by atoms with Crippen molar-refractivity contribution in [3.8, 4) is 0 Å². The van der Waals surface area contributed by atoms with Gasteiger partial charge in [-0.15, -0.1) is 0 Å². The first kappa shape index (κ1) is 46.9. The number of nitrogens with zero attached hydrogens (tertiary/aromatic N) is 1. The van der Waals surface area contributed by atoms with Gasteiger partial charge >= 0.3 is 11.9 Å². The fourth-order valence-electron chi connectivity index (χ4n) is 5.67. The fraction of sp³-hybridized carbons (Fsp3) is 0.947. The van der Waals surface area contributed by atoms with Crippen molar-refractivity contribution in [2.24, 2.45) is 0 Å². The largest absolute Gasteiger partial charge is 0.469 e. The Bertz CT molecular complexity index is 649. The molecule has 0 rings (SSSR count). The minimum Gasteiger partial charge on any atom is -0.469 e. The van der Waals surface area contributed by atoms with E-state index in [0.717, 1.165) is 43.9 Å². The Morgan fingerprint density at radius 2 is 0.652 bits per heavy atom. The van der Waals surface area contributed by atoms with Crippen molar-refractivity contribution >= 4 is 27.9 Å². The molecule has 0 aromatic carbocycles. The highest BCUT2D eigenvalue weighted by Gasteiger charge is 2.01. The van der Waals surface area contributed by atoms with Gasteiger partial charge in [-0.3, -0.25) is 19.7 Å². The average molecular weight is 721 g/mol. The van der Waals surface area contributed by atoms with Crippen LogP contribution in [0.2, 0.25) is 0 Å². The Labute approximate surface area is 292 Å². The zero-order valence-corrected chi connectivity index (χ0v) is 31.9. The van der Waals surface area contributed by atoms with E-state index in [9.17, 15) is 19.7 Å². The van der Waals surface area contributed by atoms with Crippen LogP contribution in [0.3, 0.4) is 0 Å². The molecule has 0 aromatic heterocycles. The Balaban J connectivity index is 0. The van der Waals surface area contributed by atoms with Gasteiger partial charge < -0.3 is 9.47 Å². The van der Waals surface area contributed by atoms with Crippen LogP contribution in [0.15, 0.2) is 0 Å². The predicted molar refractivity (Wildman–Crippen MR) is 197 cm³/mol. The summed E-state index contributed by atoms with van der Waals surface area (Å²) in [5.41, 5.74) is 0. The third-order valence-electron chi connectivity index (χ3n) is 8.69. The number of carbonyl (C=O) groups excluding carboxylic acids is 2. The molecule has 0 saturated heterocycles. The highest BCUT2D eigenvalue weighted by atomic mass is 79.9. The fourth-order valence-corrected chi connectivity index (χ4v) is 6.07. The van der Waals surface area contributed by atoms with Crippen LogP contribution < -0.4 is 0 Å². The summed E-state index contributed by atoms with van der Waals surface area (Å²) in [5, 5.41) is 11.3. The first-order valence-electron chi connectivity index (χ1n) is 19.3. The number of halogens is 1. The van der Waals surface area contributed by atoms with E-state index in [0.29, 0.717) is 12.8 Å². The lowest BCUT2D eigenvalue weighted by atomic mass is 10.0. The van der Waals surface area contributed by atoms with Crippen LogP contribution in [0.25, 0.3) is 0 Å². The first-order valence-corrected chi connectivity index (χ1v) is 20.4. The maximum atomic E-state index is 10.9. The van der Waals surface area contributed by atoms with Gasteiger partial charge in [0.1, 0.15) is 0 Å². The average Bonchev–Trinajstić information content (AvgIpc) is 3.05. The van der Waals surface area contributed by atoms with Gasteiger partial charge in [-0.2, -0.15) is 0 Å². The lowest BCUT2D eigenvalue weighted by Gasteiger charge is -2.03. The maximum absolute atomic E-state index is 10.9. The van der Waals surface area contributed by atoms with Crippen LogP contribution in [-0.2, 0) is 19.1 Å². The summed E-state index contributed by atoms with van der Waals surface area (Å²) >= 11 is 3.48. The Hall–Kier alpha value is -1.18. The number of hydrogen-bond acceptors (Lipinski definition) is 6. The summed E-state index contributed by atoms with van der Waals surface area (Å²) in [4.78, 5) is 31.8. The van der Waals surface area contributed by atoms with E-state index in [1.54, 1.807) is 0 Å². The Morgan fingerprint density at radius 1 is 0.435 bits per heavy atom. The van der Waals surface area contributed by atoms with Gasteiger partial charge in [0, 0.05) is 29.5 Å². The zero-order chi connectivity index (χ0) is 34.2. The van der Waals surface area contributed by atoms with Crippen LogP contribution >= 0.6 is 15.9 Å². The van der Waals surface area contributed by atoms with E-state index in [1.807, 2.05) is 0 Å². The minimum atomic E-state index is -0.220. The summed E-state index contributed by atoms with van der Waals surface area (Å²) in [6.45, 7) is 0.130. The molecule has 0 unspecified atom stereocenters. The highest BCUT2D eigenvalue weighted by molar-refractivity contribution is 9.09. The molecule has 0 spiro atoms. The second kappa shape index (κ2) is 41.8. The van der Waals surface area contributed by atoms with E-state index in [-0.39, 0.29) is 23.4 Å².